The number of benzene rings is 1. The molecule has 1 aliphatic heterocycles. The summed E-state index contributed by atoms with van der Waals surface area (Å²) < 4.78 is 0. The third kappa shape index (κ3) is 2.82. The Labute approximate surface area is 114 Å². The summed E-state index contributed by atoms with van der Waals surface area (Å²) in [5, 5.41) is 2.90. The molecule has 0 aromatic heterocycles. The van der Waals surface area contributed by atoms with Gasteiger partial charge in [0.15, 0.2) is 0 Å². The highest BCUT2D eigenvalue weighted by atomic mass is 35.5. The number of amides is 3. The second-order valence-corrected chi connectivity index (χ2v) is 4.45. The Hall–Kier alpha value is -2.14. The molecule has 2 rings (SSSR count). The Kier molecular flexibility index (Phi) is 3.66. The van der Waals surface area contributed by atoms with Crippen LogP contribution in [0.3, 0.4) is 0 Å². The molecule has 0 saturated carbocycles. The number of piperazine rings is 1. The van der Waals surface area contributed by atoms with Gasteiger partial charge in [0.05, 0.1) is 0 Å². The summed E-state index contributed by atoms with van der Waals surface area (Å²) in [6, 6.07) is 6.90. The highest BCUT2D eigenvalue weighted by Crippen LogP contribution is 2.19. The first-order chi connectivity index (χ1) is 8.99. The maximum absolute atomic E-state index is 12.0. The van der Waals surface area contributed by atoms with E-state index in [0.717, 1.165) is 4.90 Å². The number of hydrogen-bond donors (Lipinski definition) is 1. The van der Waals surface area contributed by atoms with E-state index in [-0.39, 0.29) is 12.2 Å². The van der Waals surface area contributed by atoms with Crippen LogP contribution in [0.5, 0.6) is 0 Å². The molecular weight excluding hydrogens is 268 g/mol. The second kappa shape index (κ2) is 5.24. The first-order valence-corrected chi connectivity index (χ1v) is 5.95. The standard InChI is InChI=1S/C13H11ClN2O3/c1-8(17)16-7-12(18)15-11(13(16)19)6-9-4-2-3-5-10(9)14/h2-6H,7H2,1H3,(H,15,18). The van der Waals surface area contributed by atoms with Gasteiger partial charge in [0.25, 0.3) is 5.91 Å². The van der Waals surface area contributed by atoms with Crippen molar-refractivity contribution in [3.8, 4) is 0 Å². The van der Waals surface area contributed by atoms with Gasteiger partial charge < -0.3 is 5.32 Å². The first-order valence-electron chi connectivity index (χ1n) is 5.57. The summed E-state index contributed by atoms with van der Waals surface area (Å²) in [5.41, 5.74) is 0.637. The number of carbonyl (C=O) groups excluding carboxylic acids is 3. The van der Waals surface area contributed by atoms with E-state index < -0.39 is 17.7 Å². The molecule has 1 heterocycles. The van der Waals surface area contributed by atoms with Crippen LogP contribution in [0.1, 0.15) is 12.5 Å². The number of rotatable bonds is 1. The number of halogens is 1. The Morgan fingerprint density at radius 3 is 2.68 bits per heavy atom. The summed E-state index contributed by atoms with van der Waals surface area (Å²) in [7, 11) is 0. The molecular formula is C13H11ClN2O3. The van der Waals surface area contributed by atoms with Gasteiger partial charge in [-0.15, -0.1) is 0 Å². The molecule has 5 nitrogen and oxygen atoms in total. The molecule has 0 radical (unpaired) electrons. The van der Waals surface area contributed by atoms with Gasteiger partial charge in [-0.1, -0.05) is 29.8 Å². The molecule has 19 heavy (non-hydrogen) atoms. The molecule has 0 spiro atoms. The molecule has 0 unspecified atom stereocenters. The van der Waals surface area contributed by atoms with Gasteiger partial charge in [0.1, 0.15) is 12.2 Å². The van der Waals surface area contributed by atoms with Crippen LogP contribution in [-0.4, -0.2) is 29.2 Å². The maximum Gasteiger partial charge on any atom is 0.277 e. The van der Waals surface area contributed by atoms with Gasteiger partial charge in [0, 0.05) is 11.9 Å². The van der Waals surface area contributed by atoms with E-state index in [2.05, 4.69) is 5.32 Å². The minimum atomic E-state index is -0.535. The quantitative estimate of drug-likeness (QED) is 0.785. The average molecular weight is 279 g/mol. The lowest BCUT2D eigenvalue weighted by Gasteiger charge is -2.25. The van der Waals surface area contributed by atoms with Crippen molar-refractivity contribution in [3.63, 3.8) is 0 Å². The zero-order valence-electron chi connectivity index (χ0n) is 10.1. The third-order valence-corrected chi connectivity index (χ3v) is 2.98. The van der Waals surface area contributed by atoms with Gasteiger partial charge in [0.2, 0.25) is 11.8 Å². The molecule has 1 aromatic rings. The Morgan fingerprint density at radius 1 is 1.37 bits per heavy atom. The minimum Gasteiger partial charge on any atom is -0.320 e. The van der Waals surface area contributed by atoms with E-state index in [0.29, 0.717) is 10.6 Å². The van der Waals surface area contributed by atoms with Crippen molar-refractivity contribution in [1.82, 2.24) is 10.2 Å². The number of carbonyl (C=O) groups is 3. The largest absolute Gasteiger partial charge is 0.320 e. The predicted octanol–water partition coefficient (Wildman–Crippen LogP) is 1.19. The molecule has 0 atom stereocenters. The number of nitrogens with zero attached hydrogens (tertiary/aromatic N) is 1. The van der Waals surface area contributed by atoms with Crippen LogP contribution in [0, 0.1) is 0 Å². The third-order valence-electron chi connectivity index (χ3n) is 2.64. The average Bonchev–Trinajstić information content (AvgIpc) is 2.35. The lowest BCUT2D eigenvalue weighted by atomic mass is 10.1. The van der Waals surface area contributed by atoms with Crippen molar-refractivity contribution >= 4 is 35.4 Å². The smallest absolute Gasteiger partial charge is 0.277 e. The van der Waals surface area contributed by atoms with E-state index in [1.165, 1.54) is 13.0 Å². The zero-order chi connectivity index (χ0) is 14.0. The summed E-state index contributed by atoms with van der Waals surface area (Å²) in [5.74, 6) is -1.41. The fourth-order valence-corrected chi connectivity index (χ4v) is 1.89. The summed E-state index contributed by atoms with van der Waals surface area (Å²) in [6.45, 7) is 0.984. The Bertz CT molecular complexity index is 595. The van der Waals surface area contributed by atoms with Crippen molar-refractivity contribution in [1.29, 1.82) is 0 Å². The van der Waals surface area contributed by atoms with Crippen molar-refractivity contribution in [2.45, 2.75) is 6.92 Å². The van der Waals surface area contributed by atoms with Crippen LogP contribution in [-0.2, 0) is 14.4 Å². The monoisotopic (exact) mass is 278 g/mol. The van der Waals surface area contributed by atoms with Crippen LogP contribution in [0.15, 0.2) is 30.0 Å². The molecule has 1 aromatic carbocycles. The molecule has 1 saturated heterocycles. The summed E-state index contributed by atoms with van der Waals surface area (Å²) in [6.07, 6.45) is 1.46. The van der Waals surface area contributed by atoms with Crippen molar-refractivity contribution in [3.05, 3.63) is 40.5 Å². The number of nitrogens with one attached hydrogen (secondary N) is 1. The topological polar surface area (TPSA) is 66.5 Å². The van der Waals surface area contributed by atoms with E-state index in [9.17, 15) is 14.4 Å². The van der Waals surface area contributed by atoms with Crippen LogP contribution in [0.2, 0.25) is 5.02 Å². The van der Waals surface area contributed by atoms with Gasteiger partial charge in [-0.25, -0.2) is 0 Å². The summed E-state index contributed by atoms with van der Waals surface area (Å²) >= 11 is 5.98. The van der Waals surface area contributed by atoms with E-state index in [1.807, 2.05) is 0 Å². The normalized spacial score (nSPS) is 17.6. The molecule has 1 aliphatic rings. The Balaban J connectivity index is 2.38. The van der Waals surface area contributed by atoms with Crippen LogP contribution >= 0.6 is 11.6 Å². The molecule has 6 heteroatoms. The van der Waals surface area contributed by atoms with E-state index >= 15 is 0 Å². The fraction of sp³-hybridized carbons (Fsp3) is 0.154. The molecule has 0 bridgehead atoms. The maximum atomic E-state index is 12.0. The molecule has 1 N–H and O–H groups in total. The van der Waals surface area contributed by atoms with E-state index in [1.54, 1.807) is 24.3 Å². The minimum absolute atomic E-state index is 0.0413. The van der Waals surface area contributed by atoms with Gasteiger partial charge in [-0.3, -0.25) is 19.3 Å². The van der Waals surface area contributed by atoms with Crippen LogP contribution in [0.4, 0.5) is 0 Å². The lowest BCUT2D eigenvalue weighted by Crippen LogP contribution is -2.51. The first kappa shape index (κ1) is 13.3. The van der Waals surface area contributed by atoms with Gasteiger partial charge in [-0.05, 0) is 17.7 Å². The fourth-order valence-electron chi connectivity index (χ4n) is 1.70. The van der Waals surface area contributed by atoms with Gasteiger partial charge >= 0.3 is 0 Å². The molecule has 0 aliphatic carbocycles. The van der Waals surface area contributed by atoms with Crippen LogP contribution < -0.4 is 5.32 Å². The zero-order valence-corrected chi connectivity index (χ0v) is 10.9. The van der Waals surface area contributed by atoms with Gasteiger partial charge in [-0.2, -0.15) is 0 Å². The highest BCUT2D eigenvalue weighted by Gasteiger charge is 2.30. The predicted molar refractivity (Wildman–Crippen MR) is 70.0 cm³/mol. The highest BCUT2D eigenvalue weighted by molar-refractivity contribution is 6.32. The second-order valence-electron chi connectivity index (χ2n) is 4.04. The van der Waals surface area contributed by atoms with Crippen molar-refractivity contribution in [2.24, 2.45) is 0 Å². The van der Waals surface area contributed by atoms with E-state index in [4.69, 9.17) is 11.6 Å². The summed E-state index contributed by atoms with van der Waals surface area (Å²) in [4.78, 5) is 35.7. The molecule has 3 amide bonds. The lowest BCUT2D eigenvalue weighted by molar-refractivity contribution is -0.147. The van der Waals surface area contributed by atoms with Crippen molar-refractivity contribution in [2.75, 3.05) is 6.54 Å². The Morgan fingerprint density at radius 2 is 2.05 bits per heavy atom. The van der Waals surface area contributed by atoms with Crippen LogP contribution in [0.25, 0.3) is 6.08 Å². The van der Waals surface area contributed by atoms with Crippen molar-refractivity contribution < 1.29 is 14.4 Å². The molecule has 1 fully saturated rings. The number of hydrogen-bond acceptors (Lipinski definition) is 3. The SMILES string of the molecule is CC(=O)N1CC(=O)NC(=Cc2ccccc2Cl)C1=O. The molecule has 98 valence electrons. The number of imide groups is 1.